The Balaban J connectivity index is 1.52. The van der Waals surface area contributed by atoms with Gasteiger partial charge in [-0.1, -0.05) is 30.3 Å². The monoisotopic (exact) mass is 473 g/mol. The first-order chi connectivity index (χ1) is 15.8. The Labute approximate surface area is 194 Å². The molecule has 0 bridgehead atoms. The lowest BCUT2D eigenvalue weighted by molar-refractivity contribution is -0.138. The van der Waals surface area contributed by atoms with Crippen LogP contribution in [0.25, 0.3) is 0 Å². The first kappa shape index (κ1) is 23.5. The van der Waals surface area contributed by atoms with Gasteiger partial charge in [0.25, 0.3) is 5.91 Å². The van der Waals surface area contributed by atoms with Gasteiger partial charge in [-0.15, -0.1) is 0 Å². The lowest BCUT2D eigenvalue weighted by Crippen LogP contribution is -2.53. The first-order valence-corrected chi connectivity index (χ1v) is 12.8. The standard InChI is InChI=1S/C23H31N5O4S/c1-25-17-19(16-20(25)22(24)29)33(31,32)28-14-12-26(13-15-28)21(18-8-4-2-5-9-18)23(30)27-10-6-3-7-11-27/h2,4-5,8-9,16-17,21H,3,6-7,10-15H2,1H3,(H2,24,29)/t21-/m0/s1. The van der Waals surface area contributed by atoms with Crippen LogP contribution < -0.4 is 5.73 Å². The maximum atomic E-state index is 13.5. The third-order valence-electron chi connectivity index (χ3n) is 6.53. The maximum absolute atomic E-state index is 13.5. The molecule has 2 N–H and O–H groups in total. The van der Waals surface area contributed by atoms with E-state index in [2.05, 4.69) is 4.90 Å². The molecule has 0 aliphatic carbocycles. The lowest BCUT2D eigenvalue weighted by atomic mass is 10.0. The van der Waals surface area contributed by atoms with Crippen LogP contribution in [-0.4, -0.2) is 78.2 Å². The summed E-state index contributed by atoms with van der Waals surface area (Å²) >= 11 is 0. The molecule has 0 saturated carbocycles. The van der Waals surface area contributed by atoms with Gasteiger partial charge in [-0.3, -0.25) is 14.5 Å². The summed E-state index contributed by atoms with van der Waals surface area (Å²) in [6.07, 6.45) is 4.59. The SMILES string of the molecule is Cn1cc(S(=O)(=O)N2CCN([C@H](C(=O)N3CCCCC3)c3ccccc3)CC2)cc1C(N)=O. The summed E-state index contributed by atoms with van der Waals surface area (Å²) in [6.45, 7) is 2.95. The van der Waals surface area contributed by atoms with Crippen LogP contribution in [0, 0.1) is 0 Å². The summed E-state index contributed by atoms with van der Waals surface area (Å²) in [7, 11) is -2.18. The van der Waals surface area contributed by atoms with E-state index in [9.17, 15) is 18.0 Å². The van der Waals surface area contributed by atoms with Crippen molar-refractivity contribution in [3.8, 4) is 0 Å². The highest BCUT2D eigenvalue weighted by Gasteiger charge is 2.37. The highest BCUT2D eigenvalue weighted by Crippen LogP contribution is 2.28. The van der Waals surface area contributed by atoms with Gasteiger partial charge in [-0.05, 0) is 30.9 Å². The number of carbonyl (C=O) groups excluding carboxylic acids is 2. The second-order valence-electron chi connectivity index (χ2n) is 8.68. The fourth-order valence-corrected chi connectivity index (χ4v) is 6.20. The van der Waals surface area contributed by atoms with E-state index < -0.39 is 22.0 Å². The third-order valence-corrected chi connectivity index (χ3v) is 8.39. The molecule has 9 nitrogen and oxygen atoms in total. The van der Waals surface area contributed by atoms with Crippen molar-refractivity contribution in [2.45, 2.75) is 30.2 Å². The number of piperidine rings is 1. The van der Waals surface area contributed by atoms with Crippen molar-refractivity contribution in [2.75, 3.05) is 39.3 Å². The number of rotatable bonds is 6. The average Bonchev–Trinajstić information content (AvgIpc) is 3.24. The number of primary amides is 1. The number of likely N-dealkylation sites (tertiary alicyclic amines) is 1. The summed E-state index contributed by atoms with van der Waals surface area (Å²) in [5.74, 6) is -0.586. The third kappa shape index (κ3) is 4.83. The van der Waals surface area contributed by atoms with E-state index in [0.717, 1.165) is 37.9 Å². The average molecular weight is 474 g/mol. The van der Waals surface area contributed by atoms with Crippen molar-refractivity contribution < 1.29 is 18.0 Å². The largest absolute Gasteiger partial charge is 0.364 e. The van der Waals surface area contributed by atoms with Gasteiger partial charge >= 0.3 is 0 Å². The van der Waals surface area contributed by atoms with Crippen LogP contribution in [0.1, 0.15) is 41.4 Å². The maximum Gasteiger partial charge on any atom is 0.265 e. The first-order valence-electron chi connectivity index (χ1n) is 11.3. The van der Waals surface area contributed by atoms with Crippen LogP contribution in [0.4, 0.5) is 0 Å². The van der Waals surface area contributed by atoms with Crippen molar-refractivity contribution in [1.29, 1.82) is 0 Å². The Morgan fingerprint density at radius 1 is 0.939 bits per heavy atom. The molecule has 1 aromatic carbocycles. The number of hydrogen-bond donors (Lipinski definition) is 1. The summed E-state index contributed by atoms with van der Waals surface area (Å²) in [6, 6.07) is 10.6. The van der Waals surface area contributed by atoms with E-state index in [1.165, 1.54) is 21.1 Å². The van der Waals surface area contributed by atoms with Crippen molar-refractivity contribution in [2.24, 2.45) is 12.8 Å². The molecule has 4 rings (SSSR count). The molecular weight excluding hydrogens is 442 g/mol. The van der Waals surface area contributed by atoms with Gasteiger partial charge in [-0.2, -0.15) is 4.31 Å². The fourth-order valence-electron chi connectivity index (χ4n) is 4.70. The number of amides is 2. The molecule has 10 heteroatoms. The number of carbonyl (C=O) groups is 2. The van der Waals surface area contributed by atoms with Crippen LogP contribution in [0.2, 0.25) is 0 Å². The van der Waals surface area contributed by atoms with Gasteiger partial charge < -0.3 is 15.2 Å². The molecule has 3 heterocycles. The Bertz CT molecular complexity index is 1100. The number of benzene rings is 1. The topological polar surface area (TPSA) is 109 Å². The number of hydrogen-bond acceptors (Lipinski definition) is 5. The minimum absolute atomic E-state index is 0.0521. The molecule has 33 heavy (non-hydrogen) atoms. The number of nitrogens with zero attached hydrogens (tertiary/aromatic N) is 4. The second-order valence-corrected chi connectivity index (χ2v) is 10.6. The minimum Gasteiger partial charge on any atom is -0.364 e. The van der Waals surface area contributed by atoms with Crippen LogP contribution in [0.15, 0.2) is 47.5 Å². The summed E-state index contributed by atoms with van der Waals surface area (Å²) in [4.78, 5) is 29.1. The van der Waals surface area contributed by atoms with E-state index in [4.69, 9.17) is 5.73 Å². The molecular formula is C23H31N5O4S. The zero-order valence-electron chi connectivity index (χ0n) is 18.9. The molecule has 0 unspecified atom stereocenters. The van der Waals surface area contributed by atoms with Crippen molar-refractivity contribution in [3.63, 3.8) is 0 Å². The van der Waals surface area contributed by atoms with Crippen LogP contribution in [0.5, 0.6) is 0 Å². The molecule has 1 aromatic heterocycles. The van der Waals surface area contributed by atoms with E-state index in [0.29, 0.717) is 13.1 Å². The predicted molar refractivity (Wildman–Crippen MR) is 124 cm³/mol. The molecule has 2 aromatic rings. The minimum atomic E-state index is -3.77. The van der Waals surface area contributed by atoms with Gasteiger partial charge in [0.15, 0.2) is 0 Å². The van der Waals surface area contributed by atoms with Crippen LogP contribution in [0.3, 0.4) is 0 Å². The highest BCUT2D eigenvalue weighted by atomic mass is 32.2. The summed E-state index contributed by atoms with van der Waals surface area (Å²) in [5, 5.41) is 0. The number of aryl methyl sites for hydroxylation is 1. The van der Waals surface area contributed by atoms with Gasteiger partial charge in [0.05, 0.1) is 0 Å². The van der Waals surface area contributed by atoms with E-state index >= 15 is 0 Å². The zero-order chi connectivity index (χ0) is 23.6. The van der Waals surface area contributed by atoms with Gasteiger partial charge in [0.1, 0.15) is 16.6 Å². The highest BCUT2D eigenvalue weighted by molar-refractivity contribution is 7.89. The lowest BCUT2D eigenvalue weighted by Gasteiger charge is -2.40. The number of sulfonamides is 1. The molecule has 1 atom stereocenters. The Hall–Kier alpha value is -2.69. The molecule has 2 fully saturated rings. The molecule has 0 spiro atoms. The Morgan fingerprint density at radius 3 is 2.15 bits per heavy atom. The summed E-state index contributed by atoms with van der Waals surface area (Å²) in [5.41, 5.74) is 6.41. The quantitative estimate of drug-likeness (QED) is 0.678. The zero-order valence-corrected chi connectivity index (χ0v) is 19.7. The number of piperazine rings is 1. The van der Waals surface area contributed by atoms with Gasteiger partial charge in [0, 0.05) is 52.5 Å². The smallest absolute Gasteiger partial charge is 0.265 e. The van der Waals surface area contributed by atoms with Crippen LogP contribution in [-0.2, 0) is 21.9 Å². The Kier molecular flexibility index (Phi) is 6.87. The number of nitrogens with two attached hydrogens (primary N) is 1. The van der Waals surface area contributed by atoms with Crippen molar-refractivity contribution in [3.05, 3.63) is 53.9 Å². The summed E-state index contributed by atoms with van der Waals surface area (Å²) < 4.78 is 29.2. The molecule has 2 aliphatic heterocycles. The van der Waals surface area contributed by atoms with Crippen molar-refractivity contribution in [1.82, 2.24) is 18.7 Å². The number of aromatic nitrogens is 1. The second kappa shape index (κ2) is 9.66. The van der Waals surface area contributed by atoms with E-state index in [-0.39, 0.29) is 29.6 Å². The molecule has 2 amide bonds. The normalized spacial score (nSPS) is 19.4. The van der Waals surface area contributed by atoms with Gasteiger partial charge in [-0.25, -0.2) is 8.42 Å². The van der Waals surface area contributed by atoms with Crippen molar-refractivity contribution >= 4 is 21.8 Å². The molecule has 2 aliphatic rings. The Morgan fingerprint density at radius 2 is 1.58 bits per heavy atom. The van der Waals surface area contributed by atoms with E-state index in [1.807, 2.05) is 35.2 Å². The fraction of sp³-hybridized carbons (Fsp3) is 0.478. The predicted octanol–water partition coefficient (Wildman–Crippen LogP) is 1.18. The molecule has 178 valence electrons. The van der Waals surface area contributed by atoms with Gasteiger partial charge in [0.2, 0.25) is 15.9 Å². The van der Waals surface area contributed by atoms with E-state index in [1.54, 1.807) is 7.05 Å². The van der Waals surface area contributed by atoms with Crippen LogP contribution >= 0.6 is 0 Å². The molecule has 0 radical (unpaired) electrons. The molecule has 2 saturated heterocycles.